The second-order valence-corrected chi connectivity index (χ2v) is 9.70. The van der Waals surface area contributed by atoms with Crippen molar-refractivity contribution in [1.82, 2.24) is 9.88 Å². The summed E-state index contributed by atoms with van der Waals surface area (Å²) in [5.41, 5.74) is 1.58. The molecule has 0 fully saturated rings. The molecule has 0 saturated carbocycles. The highest BCUT2D eigenvalue weighted by molar-refractivity contribution is 6.02. The lowest BCUT2D eigenvalue weighted by Crippen LogP contribution is -2.42. The first-order valence-electron chi connectivity index (χ1n) is 11.0. The van der Waals surface area contributed by atoms with Gasteiger partial charge < -0.3 is 0 Å². The highest BCUT2D eigenvalue weighted by Crippen LogP contribution is 2.47. The summed E-state index contributed by atoms with van der Waals surface area (Å²) in [7, 11) is 0. The first-order chi connectivity index (χ1) is 15.9. The van der Waals surface area contributed by atoms with Crippen molar-refractivity contribution in [2.45, 2.75) is 52.6 Å². The highest BCUT2D eigenvalue weighted by Gasteiger charge is 2.43. The second-order valence-electron chi connectivity index (χ2n) is 9.70. The van der Waals surface area contributed by atoms with E-state index in [0.717, 1.165) is 17.7 Å². The Labute approximate surface area is 196 Å². The number of rotatable bonds is 2. The number of pyridine rings is 1. The van der Waals surface area contributed by atoms with Crippen molar-refractivity contribution in [2.75, 3.05) is 5.32 Å². The minimum Gasteiger partial charge on any atom is -0.294 e. The van der Waals surface area contributed by atoms with Crippen LogP contribution in [-0.4, -0.2) is 21.7 Å². The Morgan fingerprint density at radius 3 is 2.53 bits per heavy atom. The van der Waals surface area contributed by atoms with E-state index in [2.05, 4.69) is 10.3 Å². The number of Topliss-reactive ketones (excluding diaryl/α,β-unsaturated/α-hetero) is 1. The molecule has 5 nitrogen and oxygen atoms in total. The normalized spacial score (nSPS) is 20.1. The smallest absolute Gasteiger partial charge is 0.294 e. The van der Waals surface area contributed by atoms with Crippen LogP contribution in [0.1, 0.15) is 56.2 Å². The maximum atomic E-state index is 13.4. The van der Waals surface area contributed by atoms with Crippen molar-refractivity contribution in [3.05, 3.63) is 82.3 Å². The van der Waals surface area contributed by atoms with Crippen LogP contribution in [0.3, 0.4) is 0 Å². The third kappa shape index (κ3) is 4.62. The van der Waals surface area contributed by atoms with E-state index in [9.17, 15) is 22.8 Å². The third-order valence-electron chi connectivity index (χ3n) is 6.16. The molecule has 2 aromatic rings. The summed E-state index contributed by atoms with van der Waals surface area (Å²) in [6.45, 7) is 7.49. The van der Waals surface area contributed by atoms with Gasteiger partial charge in [-0.25, -0.2) is 9.78 Å². The standard InChI is InChI=1S/C26H26F3N3O2/c1-15-8-9-22(30-14-15)31-24(34)32-16(2)10-19(17-6-5-7-18(11-17)26(27,28)29)23-20(32)12-25(3,4)13-21(23)33/h5-11,14,19H,12-13H2,1-4H3,(H,30,31,34). The van der Waals surface area contributed by atoms with E-state index in [1.807, 2.05) is 26.8 Å². The molecule has 0 bridgehead atoms. The SMILES string of the molecule is CC1=CC(c2cccc(C(F)(F)F)c2)C2=C(CC(C)(C)CC2=O)N1C(=O)Nc1ccc(C)cn1. The largest absolute Gasteiger partial charge is 0.416 e. The fourth-order valence-corrected chi connectivity index (χ4v) is 4.63. The van der Waals surface area contributed by atoms with E-state index in [1.165, 1.54) is 11.0 Å². The summed E-state index contributed by atoms with van der Waals surface area (Å²) in [6.07, 6.45) is -0.485. The van der Waals surface area contributed by atoms with Crippen molar-refractivity contribution in [1.29, 1.82) is 0 Å². The number of hydrogen-bond acceptors (Lipinski definition) is 3. The Morgan fingerprint density at radius 1 is 1.15 bits per heavy atom. The molecule has 1 aromatic heterocycles. The topological polar surface area (TPSA) is 62.3 Å². The van der Waals surface area contributed by atoms with Crippen molar-refractivity contribution in [3.63, 3.8) is 0 Å². The van der Waals surface area contributed by atoms with Crippen LogP contribution in [0.2, 0.25) is 0 Å². The Kier molecular flexibility index (Phi) is 5.87. The number of ketones is 1. The van der Waals surface area contributed by atoms with Crippen molar-refractivity contribution in [3.8, 4) is 0 Å². The monoisotopic (exact) mass is 469 g/mol. The molecule has 0 saturated heterocycles. The minimum atomic E-state index is -4.49. The van der Waals surface area contributed by atoms with Crippen LogP contribution in [0.5, 0.6) is 0 Å². The fraction of sp³-hybridized carbons (Fsp3) is 0.346. The summed E-state index contributed by atoms with van der Waals surface area (Å²) in [5, 5.41) is 2.77. The average Bonchev–Trinajstić information content (AvgIpc) is 2.73. The molecule has 1 atom stereocenters. The molecule has 0 spiro atoms. The molecule has 4 rings (SSSR count). The number of aromatic nitrogens is 1. The number of anilines is 1. The van der Waals surface area contributed by atoms with Gasteiger partial charge in [-0.3, -0.25) is 15.0 Å². The van der Waals surface area contributed by atoms with Gasteiger partial charge in [0.25, 0.3) is 0 Å². The number of aryl methyl sites for hydroxylation is 1. The molecule has 8 heteroatoms. The molecule has 178 valence electrons. The number of amides is 2. The molecular weight excluding hydrogens is 443 g/mol. The fourth-order valence-electron chi connectivity index (χ4n) is 4.63. The lowest BCUT2D eigenvalue weighted by molar-refractivity contribution is -0.137. The zero-order valence-corrected chi connectivity index (χ0v) is 19.5. The molecule has 1 aromatic carbocycles. The molecule has 2 amide bonds. The predicted octanol–water partition coefficient (Wildman–Crippen LogP) is 6.59. The van der Waals surface area contributed by atoms with Crippen LogP contribution in [-0.2, 0) is 11.0 Å². The summed E-state index contributed by atoms with van der Waals surface area (Å²) >= 11 is 0. The molecule has 2 heterocycles. The summed E-state index contributed by atoms with van der Waals surface area (Å²) < 4.78 is 40.1. The number of nitrogens with zero attached hydrogens (tertiary/aromatic N) is 2. The van der Waals surface area contributed by atoms with Gasteiger partial charge in [-0.1, -0.05) is 44.2 Å². The molecule has 1 N–H and O–H groups in total. The first kappa shape index (κ1) is 23.7. The first-order valence-corrected chi connectivity index (χ1v) is 11.0. The molecular formula is C26H26F3N3O2. The number of carbonyl (C=O) groups excluding carboxylic acids is 2. The molecule has 1 aliphatic heterocycles. The maximum absolute atomic E-state index is 13.4. The molecule has 34 heavy (non-hydrogen) atoms. The quantitative estimate of drug-likeness (QED) is 0.540. The summed E-state index contributed by atoms with van der Waals surface area (Å²) in [5.74, 6) is -0.460. The maximum Gasteiger partial charge on any atom is 0.416 e. The molecule has 0 radical (unpaired) electrons. The van der Waals surface area contributed by atoms with E-state index >= 15 is 0 Å². The third-order valence-corrected chi connectivity index (χ3v) is 6.16. The van der Waals surface area contributed by atoms with Crippen LogP contribution in [0.4, 0.5) is 23.8 Å². The second kappa shape index (κ2) is 8.42. The van der Waals surface area contributed by atoms with Gasteiger partial charge in [0.1, 0.15) is 5.82 Å². The number of allylic oxidation sites excluding steroid dienone is 4. The van der Waals surface area contributed by atoms with Crippen LogP contribution in [0.25, 0.3) is 0 Å². The van der Waals surface area contributed by atoms with Gasteiger partial charge in [0.15, 0.2) is 5.78 Å². The van der Waals surface area contributed by atoms with E-state index in [-0.39, 0.29) is 12.2 Å². The van der Waals surface area contributed by atoms with Crippen LogP contribution in [0.15, 0.2) is 65.6 Å². The Bertz CT molecular complexity index is 1210. The molecule has 1 aliphatic carbocycles. The van der Waals surface area contributed by atoms with E-state index in [0.29, 0.717) is 34.8 Å². The van der Waals surface area contributed by atoms with Crippen LogP contribution in [0, 0.1) is 12.3 Å². The summed E-state index contributed by atoms with van der Waals surface area (Å²) in [6, 6.07) is 8.08. The van der Waals surface area contributed by atoms with E-state index < -0.39 is 29.1 Å². The van der Waals surface area contributed by atoms with Gasteiger partial charge in [-0.05, 0) is 48.9 Å². The number of benzene rings is 1. The van der Waals surface area contributed by atoms with Gasteiger partial charge in [0.2, 0.25) is 0 Å². The predicted molar refractivity (Wildman–Crippen MR) is 123 cm³/mol. The van der Waals surface area contributed by atoms with Gasteiger partial charge in [0, 0.05) is 35.5 Å². The zero-order chi connectivity index (χ0) is 24.8. The van der Waals surface area contributed by atoms with Crippen molar-refractivity contribution >= 4 is 17.6 Å². The number of urea groups is 1. The van der Waals surface area contributed by atoms with Gasteiger partial charge in [-0.2, -0.15) is 13.2 Å². The number of carbonyl (C=O) groups is 2. The average molecular weight is 470 g/mol. The Hall–Kier alpha value is -3.42. The van der Waals surface area contributed by atoms with E-state index in [1.54, 1.807) is 31.3 Å². The number of alkyl halides is 3. The zero-order valence-electron chi connectivity index (χ0n) is 19.5. The number of hydrogen-bond donors (Lipinski definition) is 1. The summed E-state index contributed by atoms with van der Waals surface area (Å²) in [4.78, 5) is 32.3. The van der Waals surface area contributed by atoms with Crippen LogP contribution >= 0.6 is 0 Å². The highest BCUT2D eigenvalue weighted by atomic mass is 19.4. The lowest BCUT2D eigenvalue weighted by Gasteiger charge is -2.42. The molecule has 1 unspecified atom stereocenters. The lowest BCUT2D eigenvalue weighted by atomic mass is 9.70. The number of nitrogens with one attached hydrogen (secondary N) is 1. The van der Waals surface area contributed by atoms with Gasteiger partial charge in [0.05, 0.1) is 5.56 Å². The number of halogens is 3. The Balaban J connectivity index is 1.78. The van der Waals surface area contributed by atoms with Gasteiger partial charge >= 0.3 is 12.2 Å². The van der Waals surface area contributed by atoms with Crippen LogP contribution < -0.4 is 5.32 Å². The van der Waals surface area contributed by atoms with E-state index in [4.69, 9.17) is 0 Å². The van der Waals surface area contributed by atoms with Crippen molar-refractivity contribution < 1.29 is 22.8 Å². The van der Waals surface area contributed by atoms with Gasteiger partial charge in [-0.15, -0.1) is 0 Å². The van der Waals surface area contributed by atoms with Crippen molar-refractivity contribution in [2.24, 2.45) is 5.41 Å². The minimum absolute atomic E-state index is 0.163. The Morgan fingerprint density at radius 2 is 1.88 bits per heavy atom. The molecule has 2 aliphatic rings.